The van der Waals surface area contributed by atoms with Crippen molar-refractivity contribution in [3.8, 4) is 0 Å². The maximum absolute atomic E-state index is 11.2. The van der Waals surface area contributed by atoms with Gasteiger partial charge in [-0.15, -0.1) is 0 Å². The lowest BCUT2D eigenvalue weighted by Crippen LogP contribution is -2.48. The highest BCUT2D eigenvalue weighted by Crippen LogP contribution is 2.09. The van der Waals surface area contributed by atoms with E-state index in [1.807, 2.05) is 0 Å². The van der Waals surface area contributed by atoms with E-state index < -0.39 is 6.17 Å². The molecule has 0 fully saturated rings. The Morgan fingerprint density at radius 2 is 2.25 bits per heavy atom. The van der Waals surface area contributed by atoms with Crippen LogP contribution in [0.3, 0.4) is 0 Å². The molecule has 62 valence electrons. The first-order chi connectivity index (χ1) is 5.66. The van der Waals surface area contributed by atoms with Crippen LogP contribution in [0.15, 0.2) is 15.0 Å². The Morgan fingerprint density at radius 1 is 1.50 bits per heavy atom. The van der Waals surface area contributed by atoms with Gasteiger partial charge < -0.3 is 5.73 Å². The lowest BCUT2D eigenvalue weighted by atomic mass is 10.2. The Bertz CT molecular complexity index is 340. The molecule has 0 saturated heterocycles. The fraction of sp³-hybridized carbons (Fsp3) is 0.333. The van der Waals surface area contributed by atoms with Gasteiger partial charge in [0.15, 0.2) is 17.8 Å². The molecule has 0 aliphatic carbocycles. The predicted octanol–water partition coefficient (Wildman–Crippen LogP) is -1.37. The monoisotopic (exact) mass is 165 g/mol. The van der Waals surface area contributed by atoms with Crippen molar-refractivity contribution in [2.24, 2.45) is 20.7 Å². The Kier molecular flexibility index (Phi) is 1.24. The lowest BCUT2D eigenvalue weighted by molar-refractivity contribution is -0.113. The number of nitrogens with zero attached hydrogens (tertiary/aromatic N) is 3. The average Bonchev–Trinajstić information content (AvgIpc) is 2.29. The number of amides is 1. The molecular formula is C6H7N5O. The van der Waals surface area contributed by atoms with Crippen LogP contribution in [0, 0.1) is 0 Å². The Labute approximate surface area is 68.3 Å². The van der Waals surface area contributed by atoms with Gasteiger partial charge in [-0.25, -0.2) is 15.0 Å². The SMILES string of the molecule is CC1=NC2N=C(N)NC(=O)C2=N1. The summed E-state index contributed by atoms with van der Waals surface area (Å²) in [4.78, 5) is 23.0. The van der Waals surface area contributed by atoms with Crippen molar-refractivity contribution in [3.63, 3.8) is 0 Å². The van der Waals surface area contributed by atoms with Gasteiger partial charge in [0.05, 0.1) is 0 Å². The second kappa shape index (κ2) is 2.13. The minimum Gasteiger partial charge on any atom is -0.370 e. The van der Waals surface area contributed by atoms with E-state index in [4.69, 9.17) is 5.73 Å². The number of hydrogen-bond donors (Lipinski definition) is 2. The maximum atomic E-state index is 11.2. The number of carbonyl (C=O) groups excluding carboxylic acids is 1. The average molecular weight is 165 g/mol. The van der Waals surface area contributed by atoms with Gasteiger partial charge in [-0.1, -0.05) is 0 Å². The van der Waals surface area contributed by atoms with E-state index in [1.54, 1.807) is 6.92 Å². The number of amidine groups is 1. The first kappa shape index (κ1) is 6.96. The zero-order valence-electron chi connectivity index (χ0n) is 6.40. The van der Waals surface area contributed by atoms with Gasteiger partial charge in [-0.3, -0.25) is 10.1 Å². The van der Waals surface area contributed by atoms with E-state index in [2.05, 4.69) is 20.3 Å². The van der Waals surface area contributed by atoms with E-state index in [1.165, 1.54) is 0 Å². The molecule has 2 heterocycles. The Hall–Kier alpha value is -1.72. The Morgan fingerprint density at radius 3 is 3.00 bits per heavy atom. The first-order valence-electron chi connectivity index (χ1n) is 3.44. The second-order valence-corrected chi connectivity index (χ2v) is 2.52. The van der Waals surface area contributed by atoms with Crippen molar-refractivity contribution in [2.45, 2.75) is 13.1 Å². The molecule has 1 atom stereocenters. The van der Waals surface area contributed by atoms with E-state index in [0.29, 0.717) is 11.5 Å². The molecule has 2 aliphatic rings. The molecule has 6 heteroatoms. The van der Waals surface area contributed by atoms with Crippen LogP contribution >= 0.6 is 0 Å². The minimum absolute atomic E-state index is 0.0994. The molecule has 12 heavy (non-hydrogen) atoms. The fourth-order valence-corrected chi connectivity index (χ4v) is 1.10. The number of guanidine groups is 1. The number of rotatable bonds is 0. The zero-order valence-corrected chi connectivity index (χ0v) is 6.40. The standard InChI is InChI=1S/C6H7N5O/c1-2-8-3-4(9-2)10-6(7)11-5(3)12/h4H,1H3,(H3,7,10,11,12). The molecular weight excluding hydrogens is 158 g/mol. The van der Waals surface area contributed by atoms with Crippen molar-refractivity contribution in [3.05, 3.63) is 0 Å². The van der Waals surface area contributed by atoms with Gasteiger partial charge in [0.2, 0.25) is 0 Å². The molecule has 2 rings (SSSR count). The third kappa shape index (κ3) is 0.884. The molecule has 6 nitrogen and oxygen atoms in total. The van der Waals surface area contributed by atoms with E-state index in [0.717, 1.165) is 0 Å². The summed E-state index contributed by atoms with van der Waals surface area (Å²) in [5, 5.41) is 2.36. The number of nitrogens with one attached hydrogen (secondary N) is 1. The van der Waals surface area contributed by atoms with Crippen LogP contribution in [0.2, 0.25) is 0 Å². The second-order valence-electron chi connectivity index (χ2n) is 2.52. The summed E-state index contributed by atoms with van der Waals surface area (Å²) in [6.07, 6.45) is -0.515. The summed E-state index contributed by atoms with van der Waals surface area (Å²) in [5.41, 5.74) is 5.64. The molecule has 3 N–H and O–H groups in total. The first-order valence-corrected chi connectivity index (χ1v) is 3.44. The van der Waals surface area contributed by atoms with E-state index in [-0.39, 0.29) is 11.9 Å². The van der Waals surface area contributed by atoms with Crippen LogP contribution in [-0.2, 0) is 4.79 Å². The van der Waals surface area contributed by atoms with Gasteiger partial charge in [-0.05, 0) is 6.92 Å². The van der Waals surface area contributed by atoms with Crippen molar-refractivity contribution in [1.29, 1.82) is 0 Å². The summed E-state index contributed by atoms with van der Waals surface area (Å²) in [7, 11) is 0. The summed E-state index contributed by atoms with van der Waals surface area (Å²) < 4.78 is 0. The van der Waals surface area contributed by atoms with Crippen molar-refractivity contribution >= 4 is 23.4 Å². The molecule has 0 aromatic heterocycles. The summed E-state index contributed by atoms with van der Waals surface area (Å²) in [6, 6.07) is 0. The minimum atomic E-state index is -0.515. The van der Waals surface area contributed by atoms with Crippen LogP contribution in [0.4, 0.5) is 0 Å². The molecule has 0 saturated carbocycles. The molecule has 0 aromatic carbocycles. The van der Waals surface area contributed by atoms with Crippen LogP contribution in [0.1, 0.15) is 6.92 Å². The number of hydrogen-bond acceptors (Lipinski definition) is 5. The van der Waals surface area contributed by atoms with Crippen LogP contribution in [0.5, 0.6) is 0 Å². The molecule has 2 aliphatic heterocycles. The number of nitrogens with two attached hydrogens (primary N) is 1. The molecule has 0 aromatic rings. The maximum Gasteiger partial charge on any atom is 0.276 e. The number of fused-ring (bicyclic) bond motifs is 1. The van der Waals surface area contributed by atoms with Gasteiger partial charge >= 0.3 is 0 Å². The van der Waals surface area contributed by atoms with Crippen molar-refractivity contribution in [2.75, 3.05) is 0 Å². The van der Waals surface area contributed by atoms with Crippen molar-refractivity contribution < 1.29 is 4.79 Å². The summed E-state index contributed by atoms with van der Waals surface area (Å²) in [5.74, 6) is 0.346. The fourth-order valence-electron chi connectivity index (χ4n) is 1.10. The highest BCUT2D eigenvalue weighted by molar-refractivity contribution is 6.47. The topological polar surface area (TPSA) is 92.2 Å². The normalized spacial score (nSPS) is 26.9. The third-order valence-electron chi connectivity index (χ3n) is 1.57. The third-order valence-corrected chi connectivity index (χ3v) is 1.57. The number of carbonyl (C=O) groups is 1. The molecule has 0 spiro atoms. The van der Waals surface area contributed by atoms with E-state index in [9.17, 15) is 4.79 Å². The smallest absolute Gasteiger partial charge is 0.276 e. The van der Waals surface area contributed by atoms with Crippen molar-refractivity contribution in [1.82, 2.24) is 5.32 Å². The quantitative estimate of drug-likeness (QED) is 0.463. The largest absolute Gasteiger partial charge is 0.370 e. The predicted molar refractivity (Wildman–Crippen MR) is 44.1 cm³/mol. The van der Waals surface area contributed by atoms with Gasteiger partial charge in [0.25, 0.3) is 5.91 Å². The molecule has 1 amide bonds. The highest BCUT2D eigenvalue weighted by Gasteiger charge is 2.30. The lowest BCUT2D eigenvalue weighted by Gasteiger charge is -2.13. The van der Waals surface area contributed by atoms with Crippen LogP contribution in [0.25, 0.3) is 0 Å². The van der Waals surface area contributed by atoms with Gasteiger partial charge in [-0.2, -0.15) is 0 Å². The van der Waals surface area contributed by atoms with Gasteiger partial charge in [0, 0.05) is 0 Å². The zero-order chi connectivity index (χ0) is 8.72. The molecule has 1 unspecified atom stereocenters. The summed E-state index contributed by atoms with van der Waals surface area (Å²) in [6.45, 7) is 1.71. The van der Waals surface area contributed by atoms with E-state index >= 15 is 0 Å². The summed E-state index contributed by atoms with van der Waals surface area (Å²) >= 11 is 0. The molecule has 0 radical (unpaired) electrons. The number of aliphatic imine (C=N–C) groups is 3. The molecule has 0 bridgehead atoms. The highest BCUT2D eigenvalue weighted by atomic mass is 16.2. The van der Waals surface area contributed by atoms with Crippen LogP contribution < -0.4 is 11.1 Å². The van der Waals surface area contributed by atoms with Crippen LogP contribution in [-0.4, -0.2) is 29.6 Å². The van der Waals surface area contributed by atoms with Gasteiger partial charge in [0.1, 0.15) is 5.84 Å². The Balaban J connectivity index is 2.43.